The zero-order valence-electron chi connectivity index (χ0n) is 12.6. The van der Waals surface area contributed by atoms with Gasteiger partial charge in [-0.15, -0.1) is 24.2 Å². The van der Waals surface area contributed by atoms with Gasteiger partial charge in [-0.1, -0.05) is 12.1 Å². The number of hydrogen-bond acceptors (Lipinski definition) is 3. The number of hydrogen-bond donors (Lipinski definition) is 2. The summed E-state index contributed by atoms with van der Waals surface area (Å²) in [6.45, 7) is 2.23. The number of rotatable bonds is 10. The first kappa shape index (κ1) is 19.8. The molecular formula is C16H24BrClN2OS. The molecule has 1 aliphatic carbocycles. The highest BCUT2D eigenvalue weighted by Gasteiger charge is 2.20. The summed E-state index contributed by atoms with van der Waals surface area (Å²) in [5.41, 5.74) is 0. The lowest BCUT2D eigenvalue weighted by molar-refractivity contribution is -0.120. The maximum absolute atomic E-state index is 11.6. The molecule has 3 nitrogen and oxygen atoms in total. The molecule has 1 saturated carbocycles. The Hall–Kier alpha value is -0.230. The minimum Gasteiger partial charge on any atom is -0.355 e. The largest absolute Gasteiger partial charge is 0.355 e. The van der Waals surface area contributed by atoms with Crippen LogP contribution in [0.3, 0.4) is 0 Å². The molecule has 1 amide bonds. The van der Waals surface area contributed by atoms with Gasteiger partial charge in [0.15, 0.2) is 0 Å². The predicted molar refractivity (Wildman–Crippen MR) is 100.0 cm³/mol. The van der Waals surface area contributed by atoms with Crippen LogP contribution in [0, 0.1) is 5.92 Å². The molecule has 0 saturated heterocycles. The Kier molecular flexibility index (Phi) is 10.2. The first-order valence-electron chi connectivity index (χ1n) is 7.60. The Bertz CT molecular complexity index is 458. The van der Waals surface area contributed by atoms with E-state index < -0.39 is 0 Å². The molecule has 2 rings (SSSR count). The second kappa shape index (κ2) is 11.3. The third-order valence-corrected chi connectivity index (χ3v) is 5.52. The molecular weight excluding hydrogens is 384 g/mol. The molecule has 6 heteroatoms. The normalized spacial score (nSPS) is 13.5. The number of benzene rings is 1. The highest BCUT2D eigenvalue weighted by Crippen LogP contribution is 2.28. The fourth-order valence-corrected chi connectivity index (χ4v) is 3.55. The summed E-state index contributed by atoms with van der Waals surface area (Å²) in [6.07, 6.45) is 4.79. The first-order valence-corrected chi connectivity index (χ1v) is 9.38. The molecule has 124 valence electrons. The quantitative estimate of drug-likeness (QED) is 0.457. The van der Waals surface area contributed by atoms with Crippen molar-refractivity contribution in [1.82, 2.24) is 10.6 Å². The highest BCUT2D eigenvalue weighted by molar-refractivity contribution is 9.10. The Morgan fingerprint density at radius 2 is 2.05 bits per heavy atom. The fourth-order valence-electron chi connectivity index (χ4n) is 1.97. The third-order valence-electron chi connectivity index (χ3n) is 3.40. The molecule has 1 aromatic rings. The number of thioether (sulfide) groups is 1. The minimum atomic E-state index is 0. The van der Waals surface area contributed by atoms with Gasteiger partial charge in [0.05, 0.1) is 6.54 Å². The Balaban J connectivity index is 0.00000242. The number of halogens is 2. The van der Waals surface area contributed by atoms with Crippen LogP contribution in [0.25, 0.3) is 0 Å². The molecule has 0 atom stereocenters. The smallest absolute Gasteiger partial charge is 0.233 e. The lowest BCUT2D eigenvalue weighted by atomic mass is 10.3. The summed E-state index contributed by atoms with van der Waals surface area (Å²) in [5.74, 6) is 2.03. The van der Waals surface area contributed by atoms with Crippen molar-refractivity contribution in [1.29, 1.82) is 0 Å². The van der Waals surface area contributed by atoms with Crippen LogP contribution in [0.2, 0.25) is 0 Å². The Morgan fingerprint density at radius 3 is 2.77 bits per heavy atom. The first-order chi connectivity index (χ1) is 10.3. The lowest BCUT2D eigenvalue weighted by Gasteiger charge is -2.07. The van der Waals surface area contributed by atoms with E-state index in [4.69, 9.17) is 0 Å². The van der Waals surface area contributed by atoms with Crippen LogP contribution in [0.5, 0.6) is 0 Å². The SMILES string of the molecule is Cl.O=C(CNCC1CC1)NCCCCSc1ccccc1Br. The number of nitrogens with one attached hydrogen (secondary N) is 2. The van der Waals surface area contributed by atoms with Crippen molar-refractivity contribution in [2.24, 2.45) is 5.92 Å². The van der Waals surface area contributed by atoms with Gasteiger partial charge >= 0.3 is 0 Å². The second-order valence-electron chi connectivity index (χ2n) is 5.41. The zero-order valence-corrected chi connectivity index (χ0v) is 15.9. The van der Waals surface area contributed by atoms with Gasteiger partial charge in [0, 0.05) is 15.9 Å². The van der Waals surface area contributed by atoms with E-state index in [1.165, 1.54) is 17.7 Å². The summed E-state index contributed by atoms with van der Waals surface area (Å²) in [4.78, 5) is 12.8. The van der Waals surface area contributed by atoms with Crippen LogP contribution < -0.4 is 10.6 Å². The zero-order chi connectivity index (χ0) is 14.9. The van der Waals surface area contributed by atoms with Gasteiger partial charge in [-0.25, -0.2) is 0 Å². The average Bonchev–Trinajstić information content (AvgIpc) is 3.28. The van der Waals surface area contributed by atoms with E-state index in [-0.39, 0.29) is 18.3 Å². The molecule has 0 heterocycles. The summed E-state index contributed by atoms with van der Waals surface area (Å²) >= 11 is 5.41. The minimum absolute atomic E-state index is 0. The lowest BCUT2D eigenvalue weighted by Crippen LogP contribution is -2.35. The van der Waals surface area contributed by atoms with E-state index >= 15 is 0 Å². The summed E-state index contributed by atoms with van der Waals surface area (Å²) in [6, 6.07) is 8.28. The summed E-state index contributed by atoms with van der Waals surface area (Å²) in [7, 11) is 0. The molecule has 0 aromatic heterocycles. The summed E-state index contributed by atoms with van der Waals surface area (Å²) in [5, 5.41) is 6.17. The van der Waals surface area contributed by atoms with Gasteiger partial charge in [-0.2, -0.15) is 0 Å². The molecule has 22 heavy (non-hydrogen) atoms. The molecule has 0 aliphatic heterocycles. The molecule has 2 N–H and O–H groups in total. The van der Waals surface area contributed by atoms with Crippen LogP contribution in [0.1, 0.15) is 25.7 Å². The van der Waals surface area contributed by atoms with E-state index in [1.807, 2.05) is 17.8 Å². The van der Waals surface area contributed by atoms with E-state index in [2.05, 4.69) is 44.8 Å². The van der Waals surface area contributed by atoms with Gasteiger partial charge in [0.1, 0.15) is 0 Å². The van der Waals surface area contributed by atoms with Crippen molar-refractivity contribution in [2.45, 2.75) is 30.6 Å². The van der Waals surface area contributed by atoms with Crippen LogP contribution in [-0.2, 0) is 4.79 Å². The second-order valence-corrected chi connectivity index (χ2v) is 7.40. The van der Waals surface area contributed by atoms with Gasteiger partial charge in [-0.3, -0.25) is 4.79 Å². The van der Waals surface area contributed by atoms with Gasteiger partial charge in [0.2, 0.25) is 5.91 Å². The summed E-state index contributed by atoms with van der Waals surface area (Å²) < 4.78 is 1.16. The Morgan fingerprint density at radius 1 is 1.27 bits per heavy atom. The van der Waals surface area contributed by atoms with E-state index in [0.29, 0.717) is 6.54 Å². The highest BCUT2D eigenvalue weighted by atomic mass is 79.9. The number of carbonyl (C=O) groups excluding carboxylic acids is 1. The monoisotopic (exact) mass is 406 g/mol. The van der Waals surface area contributed by atoms with Crippen LogP contribution in [0.4, 0.5) is 0 Å². The molecule has 1 aliphatic rings. The number of carbonyl (C=O) groups is 1. The molecule has 1 aromatic carbocycles. The van der Waals surface area contributed by atoms with Crippen molar-refractivity contribution in [3.05, 3.63) is 28.7 Å². The van der Waals surface area contributed by atoms with Crippen LogP contribution >= 0.6 is 40.1 Å². The van der Waals surface area contributed by atoms with Crippen molar-refractivity contribution in [2.75, 3.05) is 25.4 Å². The van der Waals surface area contributed by atoms with Crippen molar-refractivity contribution < 1.29 is 4.79 Å². The topological polar surface area (TPSA) is 41.1 Å². The maximum Gasteiger partial charge on any atom is 0.233 e. The van der Waals surface area contributed by atoms with E-state index in [0.717, 1.165) is 42.1 Å². The van der Waals surface area contributed by atoms with Gasteiger partial charge in [-0.05, 0) is 72.0 Å². The van der Waals surface area contributed by atoms with Crippen molar-refractivity contribution >= 4 is 46.0 Å². The average molecular weight is 408 g/mol. The number of amides is 1. The van der Waals surface area contributed by atoms with Gasteiger partial charge in [0.25, 0.3) is 0 Å². The van der Waals surface area contributed by atoms with E-state index in [1.54, 1.807) is 0 Å². The standard InChI is InChI=1S/C16H23BrN2OS.ClH/c17-14-5-1-2-6-15(14)21-10-4-3-9-19-16(20)12-18-11-13-7-8-13;/h1-2,5-6,13,18H,3-4,7-12H2,(H,19,20);1H. The van der Waals surface area contributed by atoms with Crippen molar-refractivity contribution in [3.8, 4) is 0 Å². The van der Waals surface area contributed by atoms with E-state index in [9.17, 15) is 4.79 Å². The molecule has 0 unspecified atom stereocenters. The molecule has 1 fully saturated rings. The van der Waals surface area contributed by atoms with Gasteiger partial charge < -0.3 is 10.6 Å². The fraction of sp³-hybridized carbons (Fsp3) is 0.562. The number of unbranched alkanes of at least 4 members (excludes halogenated alkanes) is 1. The third kappa shape index (κ3) is 8.42. The Labute approximate surface area is 151 Å². The van der Waals surface area contributed by atoms with Crippen LogP contribution in [0.15, 0.2) is 33.6 Å². The molecule has 0 bridgehead atoms. The van der Waals surface area contributed by atoms with Crippen molar-refractivity contribution in [3.63, 3.8) is 0 Å². The molecule has 0 spiro atoms. The molecule has 0 radical (unpaired) electrons. The van der Waals surface area contributed by atoms with Crippen LogP contribution in [-0.4, -0.2) is 31.3 Å². The predicted octanol–water partition coefficient (Wildman–Crippen LogP) is 3.86. The maximum atomic E-state index is 11.6.